The van der Waals surface area contributed by atoms with Crippen molar-refractivity contribution in [2.45, 2.75) is 63.8 Å². The molecule has 3 aliphatic rings. The Morgan fingerprint density at radius 3 is 2.47 bits per heavy atom. The highest BCUT2D eigenvalue weighted by Gasteiger charge is 2.41. The summed E-state index contributed by atoms with van der Waals surface area (Å²) in [6.07, 6.45) is 13.4. The molecule has 98 valence electrons. The van der Waals surface area contributed by atoms with E-state index in [1.165, 1.54) is 76.2 Å². The highest BCUT2D eigenvalue weighted by atomic mass is 79.9. The van der Waals surface area contributed by atoms with Crippen LogP contribution in [0.25, 0.3) is 0 Å². The molecule has 2 aliphatic carbocycles. The number of halogens is 1. The van der Waals surface area contributed by atoms with Gasteiger partial charge in [-0.1, -0.05) is 35.2 Å². The minimum Gasteiger partial charge on any atom is -0.300 e. The van der Waals surface area contributed by atoms with Crippen LogP contribution in [-0.2, 0) is 0 Å². The van der Waals surface area contributed by atoms with E-state index >= 15 is 0 Å². The molecule has 0 radical (unpaired) electrons. The third-order valence-electron chi connectivity index (χ3n) is 5.59. The van der Waals surface area contributed by atoms with Crippen molar-refractivity contribution >= 4 is 15.9 Å². The summed E-state index contributed by atoms with van der Waals surface area (Å²) in [4.78, 5) is 2.88. The maximum Gasteiger partial charge on any atom is 0.0124 e. The summed E-state index contributed by atoms with van der Waals surface area (Å²) in [5, 5.41) is 1.23. The summed E-state index contributed by atoms with van der Waals surface area (Å²) >= 11 is 3.77. The Kier molecular flexibility index (Phi) is 3.82. The van der Waals surface area contributed by atoms with Gasteiger partial charge in [0.2, 0.25) is 0 Å². The van der Waals surface area contributed by atoms with Crippen molar-refractivity contribution in [2.24, 2.45) is 11.3 Å². The van der Waals surface area contributed by atoms with Gasteiger partial charge in [0.05, 0.1) is 0 Å². The second-order valence-corrected chi connectivity index (χ2v) is 7.27. The molecule has 3 fully saturated rings. The van der Waals surface area contributed by atoms with Gasteiger partial charge >= 0.3 is 0 Å². The molecule has 0 bridgehead atoms. The van der Waals surface area contributed by atoms with Gasteiger partial charge in [0, 0.05) is 17.9 Å². The molecular weight excluding hydrogens is 274 g/mol. The molecule has 0 spiro atoms. The Labute approximate surface area is 114 Å². The predicted octanol–water partition coefficient (Wildman–Crippen LogP) is 4.21. The van der Waals surface area contributed by atoms with Crippen molar-refractivity contribution in [3.8, 4) is 0 Å². The molecule has 1 nitrogen and oxygen atoms in total. The van der Waals surface area contributed by atoms with Crippen molar-refractivity contribution in [1.82, 2.24) is 4.90 Å². The predicted molar refractivity (Wildman–Crippen MR) is 76.6 cm³/mol. The molecule has 1 saturated heterocycles. The fourth-order valence-electron chi connectivity index (χ4n) is 4.37. The molecule has 0 amide bonds. The summed E-state index contributed by atoms with van der Waals surface area (Å²) in [6, 6.07) is 0.953. The molecule has 0 N–H and O–H groups in total. The number of nitrogens with zero attached hydrogens (tertiary/aromatic N) is 1. The quantitative estimate of drug-likeness (QED) is 0.706. The van der Waals surface area contributed by atoms with Crippen LogP contribution >= 0.6 is 15.9 Å². The highest BCUT2D eigenvalue weighted by Crippen LogP contribution is 2.45. The zero-order chi connectivity index (χ0) is 11.7. The number of likely N-dealkylation sites (tertiary alicyclic amines) is 1. The van der Waals surface area contributed by atoms with Crippen LogP contribution < -0.4 is 0 Å². The van der Waals surface area contributed by atoms with Crippen molar-refractivity contribution in [3.63, 3.8) is 0 Å². The van der Waals surface area contributed by atoms with E-state index in [0.29, 0.717) is 5.41 Å². The maximum atomic E-state index is 3.77. The van der Waals surface area contributed by atoms with E-state index in [9.17, 15) is 0 Å². The lowest BCUT2D eigenvalue weighted by atomic mass is 9.69. The molecule has 17 heavy (non-hydrogen) atoms. The number of rotatable bonds is 3. The number of hydrogen-bond donors (Lipinski definition) is 0. The van der Waals surface area contributed by atoms with Gasteiger partial charge in [-0.15, -0.1) is 0 Å². The van der Waals surface area contributed by atoms with Gasteiger partial charge in [-0.05, 0) is 56.4 Å². The topological polar surface area (TPSA) is 3.24 Å². The first-order chi connectivity index (χ1) is 8.33. The SMILES string of the molecule is BrCC1(CN2CCC[C@H]3CCCC[C@H]32)CCC1. The average molecular weight is 300 g/mol. The maximum absolute atomic E-state index is 3.77. The fraction of sp³-hybridized carbons (Fsp3) is 1.00. The van der Waals surface area contributed by atoms with E-state index in [4.69, 9.17) is 0 Å². The van der Waals surface area contributed by atoms with E-state index in [0.717, 1.165) is 12.0 Å². The number of alkyl halides is 1. The van der Waals surface area contributed by atoms with Crippen molar-refractivity contribution < 1.29 is 0 Å². The second kappa shape index (κ2) is 5.21. The summed E-state index contributed by atoms with van der Waals surface area (Å²) in [6.45, 7) is 2.77. The van der Waals surface area contributed by atoms with Crippen LogP contribution in [0.2, 0.25) is 0 Å². The number of piperidine rings is 1. The zero-order valence-corrected chi connectivity index (χ0v) is 12.6. The van der Waals surface area contributed by atoms with E-state index in [1.807, 2.05) is 0 Å². The normalized spacial score (nSPS) is 37.2. The second-order valence-electron chi connectivity index (χ2n) is 6.71. The standard InChI is InChI=1S/C15H26BrN/c16-11-15(8-4-9-15)12-17-10-3-6-13-5-1-2-7-14(13)17/h13-14H,1-12H2/t13-,14-/m1/s1. The van der Waals surface area contributed by atoms with E-state index in [1.54, 1.807) is 0 Å². The van der Waals surface area contributed by atoms with Gasteiger partial charge in [0.15, 0.2) is 0 Å². The molecule has 0 unspecified atom stereocenters. The van der Waals surface area contributed by atoms with Gasteiger partial charge in [0.1, 0.15) is 0 Å². The first kappa shape index (κ1) is 12.5. The van der Waals surface area contributed by atoms with Crippen LogP contribution in [0.3, 0.4) is 0 Å². The van der Waals surface area contributed by atoms with Gasteiger partial charge in [-0.25, -0.2) is 0 Å². The third-order valence-corrected chi connectivity index (χ3v) is 6.78. The molecule has 2 atom stereocenters. The largest absolute Gasteiger partial charge is 0.300 e. The Morgan fingerprint density at radius 1 is 1.00 bits per heavy atom. The van der Waals surface area contributed by atoms with Gasteiger partial charge < -0.3 is 0 Å². The van der Waals surface area contributed by atoms with Gasteiger partial charge in [-0.3, -0.25) is 4.90 Å². The Morgan fingerprint density at radius 2 is 1.76 bits per heavy atom. The first-order valence-electron chi connectivity index (χ1n) is 7.63. The molecule has 0 aromatic heterocycles. The summed E-state index contributed by atoms with van der Waals surface area (Å²) in [5.74, 6) is 1.05. The molecular formula is C15H26BrN. The molecule has 2 heteroatoms. The zero-order valence-electron chi connectivity index (χ0n) is 11.0. The minimum absolute atomic E-state index is 0.652. The highest BCUT2D eigenvalue weighted by molar-refractivity contribution is 9.09. The minimum atomic E-state index is 0.652. The fourth-order valence-corrected chi connectivity index (χ4v) is 5.10. The lowest BCUT2D eigenvalue weighted by molar-refractivity contribution is 0.00491. The molecule has 0 aromatic rings. The Hall–Kier alpha value is 0.440. The van der Waals surface area contributed by atoms with E-state index in [2.05, 4.69) is 20.8 Å². The lowest BCUT2D eigenvalue weighted by Crippen LogP contribution is -2.53. The number of hydrogen-bond acceptors (Lipinski definition) is 1. The molecule has 1 heterocycles. The van der Waals surface area contributed by atoms with Crippen LogP contribution in [0.1, 0.15) is 57.8 Å². The number of fused-ring (bicyclic) bond motifs is 1. The van der Waals surface area contributed by atoms with Gasteiger partial charge in [0.25, 0.3) is 0 Å². The molecule has 0 aromatic carbocycles. The third kappa shape index (κ3) is 2.45. The average Bonchev–Trinajstić information content (AvgIpc) is 2.34. The lowest BCUT2D eigenvalue weighted by Gasteiger charge is -2.50. The molecule has 1 aliphatic heterocycles. The van der Waals surface area contributed by atoms with E-state index in [-0.39, 0.29) is 0 Å². The van der Waals surface area contributed by atoms with Crippen molar-refractivity contribution in [2.75, 3.05) is 18.4 Å². The van der Waals surface area contributed by atoms with E-state index < -0.39 is 0 Å². The van der Waals surface area contributed by atoms with Crippen LogP contribution in [0.5, 0.6) is 0 Å². The monoisotopic (exact) mass is 299 g/mol. The summed E-state index contributed by atoms with van der Waals surface area (Å²) in [5.41, 5.74) is 0.652. The summed E-state index contributed by atoms with van der Waals surface area (Å²) in [7, 11) is 0. The molecule has 2 saturated carbocycles. The van der Waals surface area contributed by atoms with Crippen molar-refractivity contribution in [3.05, 3.63) is 0 Å². The summed E-state index contributed by atoms with van der Waals surface area (Å²) < 4.78 is 0. The van der Waals surface area contributed by atoms with Crippen LogP contribution in [0.4, 0.5) is 0 Å². The van der Waals surface area contributed by atoms with Crippen LogP contribution in [0, 0.1) is 11.3 Å². The Bertz CT molecular complexity index is 254. The van der Waals surface area contributed by atoms with Crippen LogP contribution in [-0.4, -0.2) is 29.4 Å². The smallest absolute Gasteiger partial charge is 0.0124 e. The van der Waals surface area contributed by atoms with Crippen molar-refractivity contribution in [1.29, 1.82) is 0 Å². The first-order valence-corrected chi connectivity index (χ1v) is 8.75. The van der Waals surface area contributed by atoms with Gasteiger partial charge in [-0.2, -0.15) is 0 Å². The van der Waals surface area contributed by atoms with Crippen LogP contribution in [0.15, 0.2) is 0 Å². The Balaban J connectivity index is 1.64. The molecule has 3 rings (SSSR count).